The number of aryl methyl sites for hydroxylation is 1. The van der Waals surface area contributed by atoms with Crippen LogP contribution < -0.4 is 11.1 Å². The highest BCUT2D eigenvalue weighted by molar-refractivity contribution is 14.1. The maximum atomic E-state index is 11.9. The number of halogens is 1. The zero-order chi connectivity index (χ0) is 14.3. The fourth-order valence-corrected chi connectivity index (χ4v) is 2.75. The van der Waals surface area contributed by atoms with Crippen LogP contribution in [-0.4, -0.2) is 12.5 Å². The standard InChI is InChI=1S/C15H23IN2O/c1-3-12(8-9-17)4-7-15(19)18-14-6-5-13(16)10-11(14)2/h5-6,10,12H,3-4,7-9,17H2,1-2H3,(H,18,19). The molecule has 0 aliphatic rings. The Morgan fingerprint density at radius 3 is 2.74 bits per heavy atom. The first kappa shape index (κ1) is 16.4. The van der Waals surface area contributed by atoms with Crippen molar-refractivity contribution in [3.05, 3.63) is 27.3 Å². The lowest BCUT2D eigenvalue weighted by Crippen LogP contribution is -2.15. The number of rotatable bonds is 7. The van der Waals surface area contributed by atoms with Gasteiger partial charge in [0, 0.05) is 15.7 Å². The summed E-state index contributed by atoms with van der Waals surface area (Å²) in [6.07, 6.45) is 3.59. The van der Waals surface area contributed by atoms with Gasteiger partial charge >= 0.3 is 0 Å². The number of nitrogens with two attached hydrogens (primary N) is 1. The molecule has 0 saturated heterocycles. The van der Waals surface area contributed by atoms with Gasteiger partial charge in [-0.1, -0.05) is 13.3 Å². The van der Waals surface area contributed by atoms with Crippen LogP contribution in [0.4, 0.5) is 5.69 Å². The molecule has 0 heterocycles. The van der Waals surface area contributed by atoms with Gasteiger partial charge in [0.1, 0.15) is 0 Å². The highest BCUT2D eigenvalue weighted by atomic mass is 127. The van der Waals surface area contributed by atoms with Gasteiger partial charge in [-0.2, -0.15) is 0 Å². The van der Waals surface area contributed by atoms with Gasteiger partial charge in [0.2, 0.25) is 5.91 Å². The number of nitrogens with one attached hydrogen (secondary N) is 1. The monoisotopic (exact) mass is 374 g/mol. The lowest BCUT2D eigenvalue weighted by atomic mass is 9.96. The van der Waals surface area contributed by atoms with Crippen molar-refractivity contribution < 1.29 is 4.79 Å². The van der Waals surface area contributed by atoms with E-state index in [0.717, 1.165) is 30.5 Å². The van der Waals surface area contributed by atoms with Crippen LogP contribution in [0.1, 0.15) is 38.2 Å². The number of carbonyl (C=O) groups is 1. The second-order valence-corrected chi connectivity index (χ2v) is 6.14. The highest BCUT2D eigenvalue weighted by Crippen LogP contribution is 2.19. The van der Waals surface area contributed by atoms with E-state index in [9.17, 15) is 4.79 Å². The van der Waals surface area contributed by atoms with Crippen molar-refractivity contribution in [3.63, 3.8) is 0 Å². The minimum atomic E-state index is 0.0970. The van der Waals surface area contributed by atoms with Crippen molar-refractivity contribution in [2.75, 3.05) is 11.9 Å². The number of amides is 1. The van der Waals surface area contributed by atoms with Crippen molar-refractivity contribution in [1.29, 1.82) is 0 Å². The fourth-order valence-electron chi connectivity index (χ4n) is 2.10. The Balaban J connectivity index is 2.46. The summed E-state index contributed by atoms with van der Waals surface area (Å²) in [4.78, 5) is 11.9. The molecule has 3 nitrogen and oxygen atoms in total. The molecule has 0 radical (unpaired) electrons. The smallest absolute Gasteiger partial charge is 0.224 e. The minimum absolute atomic E-state index is 0.0970. The first-order chi connectivity index (χ1) is 9.06. The van der Waals surface area contributed by atoms with Crippen LogP contribution in [0.5, 0.6) is 0 Å². The Morgan fingerprint density at radius 2 is 2.16 bits per heavy atom. The summed E-state index contributed by atoms with van der Waals surface area (Å²) < 4.78 is 1.18. The average molecular weight is 374 g/mol. The van der Waals surface area contributed by atoms with Crippen molar-refractivity contribution in [1.82, 2.24) is 0 Å². The topological polar surface area (TPSA) is 55.1 Å². The van der Waals surface area contributed by atoms with Gasteiger partial charge in [-0.25, -0.2) is 0 Å². The van der Waals surface area contributed by atoms with E-state index >= 15 is 0 Å². The summed E-state index contributed by atoms with van der Waals surface area (Å²) in [6, 6.07) is 6.04. The van der Waals surface area contributed by atoms with Crippen LogP contribution in [-0.2, 0) is 4.79 Å². The number of anilines is 1. The van der Waals surface area contributed by atoms with Gasteiger partial charge in [0.05, 0.1) is 0 Å². The molecule has 1 aromatic rings. The summed E-state index contributed by atoms with van der Waals surface area (Å²) in [6.45, 7) is 4.87. The lowest BCUT2D eigenvalue weighted by Gasteiger charge is -2.14. The number of hydrogen-bond acceptors (Lipinski definition) is 2. The van der Waals surface area contributed by atoms with Gasteiger partial charge < -0.3 is 11.1 Å². The molecule has 0 fully saturated rings. The van der Waals surface area contributed by atoms with E-state index in [-0.39, 0.29) is 5.91 Å². The van der Waals surface area contributed by atoms with E-state index in [1.54, 1.807) is 0 Å². The maximum absolute atomic E-state index is 11.9. The van der Waals surface area contributed by atoms with E-state index < -0.39 is 0 Å². The predicted molar refractivity (Wildman–Crippen MR) is 89.2 cm³/mol. The van der Waals surface area contributed by atoms with Gasteiger partial charge in [-0.3, -0.25) is 4.79 Å². The van der Waals surface area contributed by atoms with E-state index in [1.807, 2.05) is 19.1 Å². The molecule has 0 bridgehead atoms. The quantitative estimate of drug-likeness (QED) is 0.716. The minimum Gasteiger partial charge on any atom is -0.330 e. The Labute approximate surface area is 129 Å². The third-order valence-electron chi connectivity index (χ3n) is 3.39. The number of benzene rings is 1. The van der Waals surface area contributed by atoms with Crippen molar-refractivity contribution in [3.8, 4) is 0 Å². The highest BCUT2D eigenvalue weighted by Gasteiger charge is 2.10. The van der Waals surface area contributed by atoms with Gasteiger partial charge in [0.25, 0.3) is 0 Å². The van der Waals surface area contributed by atoms with Crippen molar-refractivity contribution >= 4 is 34.2 Å². The van der Waals surface area contributed by atoms with Crippen molar-refractivity contribution in [2.24, 2.45) is 11.7 Å². The van der Waals surface area contributed by atoms with Crippen LogP contribution in [0.2, 0.25) is 0 Å². The molecule has 4 heteroatoms. The molecule has 1 aromatic carbocycles. The molecule has 0 aliphatic heterocycles. The Morgan fingerprint density at radius 1 is 1.42 bits per heavy atom. The predicted octanol–water partition coefficient (Wildman–Crippen LogP) is 3.69. The Bertz CT molecular complexity index is 421. The zero-order valence-electron chi connectivity index (χ0n) is 11.7. The largest absolute Gasteiger partial charge is 0.330 e. The summed E-state index contributed by atoms with van der Waals surface area (Å²) in [5, 5.41) is 2.99. The number of hydrogen-bond donors (Lipinski definition) is 2. The molecule has 106 valence electrons. The molecule has 1 unspecified atom stereocenters. The van der Waals surface area contributed by atoms with Gasteiger partial charge in [-0.05, 0) is 78.6 Å². The van der Waals surface area contributed by atoms with Crippen LogP contribution in [0.25, 0.3) is 0 Å². The van der Waals surface area contributed by atoms with Crippen LogP contribution in [0.3, 0.4) is 0 Å². The zero-order valence-corrected chi connectivity index (χ0v) is 13.9. The van der Waals surface area contributed by atoms with Gasteiger partial charge in [0.15, 0.2) is 0 Å². The van der Waals surface area contributed by atoms with Crippen molar-refractivity contribution in [2.45, 2.75) is 39.5 Å². The van der Waals surface area contributed by atoms with Gasteiger partial charge in [-0.15, -0.1) is 0 Å². The van der Waals surface area contributed by atoms with E-state index in [2.05, 4.69) is 40.9 Å². The van der Waals surface area contributed by atoms with Crippen LogP contribution in [0.15, 0.2) is 18.2 Å². The molecule has 1 amide bonds. The number of carbonyl (C=O) groups excluding carboxylic acids is 1. The fraction of sp³-hybridized carbons (Fsp3) is 0.533. The molecule has 1 atom stereocenters. The molecule has 3 N–H and O–H groups in total. The summed E-state index contributed by atoms with van der Waals surface area (Å²) in [5.41, 5.74) is 7.59. The van der Waals surface area contributed by atoms with Crippen LogP contribution in [0, 0.1) is 16.4 Å². The molecule has 1 rings (SSSR count). The third-order valence-corrected chi connectivity index (χ3v) is 4.07. The second kappa shape index (κ2) is 8.53. The Hall–Kier alpha value is -0.620. The summed E-state index contributed by atoms with van der Waals surface area (Å²) in [7, 11) is 0. The lowest BCUT2D eigenvalue weighted by molar-refractivity contribution is -0.116. The molecular weight excluding hydrogens is 351 g/mol. The first-order valence-electron chi connectivity index (χ1n) is 6.82. The average Bonchev–Trinajstić information content (AvgIpc) is 2.38. The molecular formula is C15H23IN2O. The van der Waals surface area contributed by atoms with E-state index in [0.29, 0.717) is 18.9 Å². The first-order valence-corrected chi connectivity index (χ1v) is 7.90. The maximum Gasteiger partial charge on any atom is 0.224 e. The van der Waals surface area contributed by atoms with Crippen LogP contribution >= 0.6 is 22.6 Å². The SMILES string of the molecule is CCC(CCN)CCC(=O)Nc1ccc(I)cc1C. The van der Waals surface area contributed by atoms with E-state index in [4.69, 9.17) is 5.73 Å². The van der Waals surface area contributed by atoms with E-state index in [1.165, 1.54) is 3.57 Å². The second-order valence-electron chi connectivity index (χ2n) is 4.90. The molecule has 0 saturated carbocycles. The summed E-state index contributed by atoms with van der Waals surface area (Å²) in [5.74, 6) is 0.661. The summed E-state index contributed by atoms with van der Waals surface area (Å²) >= 11 is 2.27. The molecule has 0 aliphatic carbocycles. The Kier molecular flexibility index (Phi) is 7.38. The molecule has 19 heavy (non-hydrogen) atoms. The molecule has 0 aromatic heterocycles. The normalized spacial score (nSPS) is 12.2. The third kappa shape index (κ3) is 5.91. The molecule has 0 spiro atoms.